The molecule has 96 valence electrons. The van der Waals surface area contributed by atoms with Gasteiger partial charge in [0.05, 0.1) is 0 Å². The van der Waals surface area contributed by atoms with E-state index in [2.05, 4.69) is 4.90 Å². The fourth-order valence-electron chi connectivity index (χ4n) is 2.58. The second kappa shape index (κ2) is 4.61. The van der Waals surface area contributed by atoms with Crippen LogP contribution in [0.2, 0.25) is 0 Å². The maximum atomic E-state index is 12.3. The predicted octanol–water partition coefficient (Wildman–Crippen LogP) is 1.19. The van der Waals surface area contributed by atoms with E-state index < -0.39 is 0 Å². The molecule has 0 aromatic heterocycles. The number of amides is 1. The standard InChI is InChI=1S/C14H19N3O/c15-12-3-1-2-11(10-12)14(18)17-8-6-16(7-9-17)13-4-5-13/h1-3,10,13H,4-9,15H2. The highest BCUT2D eigenvalue weighted by Gasteiger charge is 2.32. The monoisotopic (exact) mass is 245 g/mol. The molecule has 2 N–H and O–H groups in total. The number of hydrogen-bond donors (Lipinski definition) is 1. The van der Waals surface area contributed by atoms with Crippen LogP contribution >= 0.6 is 0 Å². The minimum Gasteiger partial charge on any atom is -0.399 e. The molecule has 1 aliphatic carbocycles. The van der Waals surface area contributed by atoms with Crippen LogP contribution in [0, 0.1) is 0 Å². The molecule has 1 saturated heterocycles. The highest BCUT2D eigenvalue weighted by molar-refractivity contribution is 5.95. The van der Waals surface area contributed by atoms with Crippen molar-refractivity contribution in [1.82, 2.24) is 9.80 Å². The van der Waals surface area contributed by atoms with Crippen LogP contribution in [0.1, 0.15) is 23.2 Å². The van der Waals surface area contributed by atoms with Crippen molar-refractivity contribution in [2.75, 3.05) is 31.9 Å². The molecule has 0 atom stereocenters. The van der Waals surface area contributed by atoms with Gasteiger partial charge in [-0.1, -0.05) is 6.07 Å². The van der Waals surface area contributed by atoms with Crippen LogP contribution < -0.4 is 5.73 Å². The smallest absolute Gasteiger partial charge is 0.254 e. The van der Waals surface area contributed by atoms with E-state index in [1.807, 2.05) is 23.1 Å². The second-order valence-electron chi connectivity index (χ2n) is 5.18. The molecule has 1 aliphatic heterocycles. The number of carbonyl (C=O) groups is 1. The topological polar surface area (TPSA) is 49.6 Å². The van der Waals surface area contributed by atoms with Gasteiger partial charge in [-0.15, -0.1) is 0 Å². The second-order valence-corrected chi connectivity index (χ2v) is 5.18. The quantitative estimate of drug-likeness (QED) is 0.796. The summed E-state index contributed by atoms with van der Waals surface area (Å²) in [7, 11) is 0. The zero-order valence-electron chi connectivity index (χ0n) is 10.5. The van der Waals surface area contributed by atoms with Crippen LogP contribution in [0.25, 0.3) is 0 Å². The highest BCUT2D eigenvalue weighted by Crippen LogP contribution is 2.27. The molecule has 1 aromatic carbocycles. The molecule has 4 nitrogen and oxygen atoms in total. The predicted molar refractivity (Wildman–Crippen MR) is 71.4 cm³/mol. The number of nitrogens with zero attached hydrogens (tertiary/aromatic N) is 2. The molecule has 3 rings (SSSR count). The summed E-state index contributed by atoms with van der Waals surface area (Å²) in [4.78, 5) is 16.7. The summed E-state index contributed by atoms with van der Waals surface area (Å²) in [6, 6.07) is 8.04. The Morgan fingerprint density at radius 1 is 1.17 bits per heavy atom. The van der Waals surface area contributed by atoms with Crippen molar-refractivity contribution in [3.8, 4) is 0 Å². The lowest BCUT2D eigenvalue weighted by atomic mass is 10.1. The van der Waals surface area contributed by atoms with Crippen molar-refractivity contribution < 1.29 is 4.79 Å². The fourth-order valence-corrected chi connectivity index (χ4v) is 2.58. The highest BCUT2D eigenvalue weighted by atomic mass is 16.2. The molecule has 1 amide bonds. The minimum atomic E-state index is 0.109. The van der Waals surface area contributed by atoms with Crippen LogP contribution in [0.15, 0.2) is 24.3 Å². The average Bonchev–Trinajstić information content (AvgIpc) is 3.22. The first kappa shape index (κ1) is 11.5. The summed E-state index contributed by atoms with van der Waals surface area (Å²) in [6.07, 6.45) is 2.67. The molecule has 1 heterocycles. The Kier molecular flexibility index (Phi) is 2.96. The zero-order valence-corrected chi connectivity index (χ0v) is 10.5. The van der Waals surface area contributed by atoms with Gasteiger partial charge in [0.15, 0.2) is 0 Å². The molecule has 0 bridgehead atoms. The number of benzene rings is 1. The van der Waals surface area contributed by atoms with Gasteiger partial charge in [-0.2, -0.15) is 0 Å². The maximum absolute atomic E-state index is 12.3. The van der Waals surface area contributed by atoms with Crippen molar-refractivity contribution in [2.45, 2.75) is 18.9 Å². The number of rotatable bonds is 2. The Hall–Kier alpha value is -1.55. The maximum Gasteiger partial charge on any atom is 0.254 e. The van der Waals surface area contributed by atoms with Gasteiger partial charge in [-0.05, 0) is 31.0 Å². The van der Waals surface area contributed by atoms with Gasteiger partial charge >= 0.3 is 0 Å². The van der Waals surface area contributed by atoms with Gasteiger partial charge in [-0.25, -0.2) is 0 Å². The summed E-state index contributed by atoms with van der Waals surface area (Å²) in [6.45, 7) is 3.70. The van der Waals surface area contributed by atoms with E-state index in [0.717, 1.165) is 32.2 Å². The first-order valence-corrected chi connectivity index (χ1v) is 6.63. The lowest BCUT2D eigenvalue weighted by Gasteiger charge is -2.34. The van der Waals surface area contributed by atoms with Crippen molar-refractivity contribution in [2.24, 2.45) is 0 Å². The SMILES string of the molecule is Nc1cccc(C(=O)N2CCN(C3CC3)CC2)c1. The Balaban J connectivity index is 1.63. The van der Waals surface area contributed by atoms with Crippen molar-refractivity contribution in [3.05, 3.63) is 29.8 Å². The Morgan fingerprint density at radius 3 is 2.50 bits per heavy atom. The summed E-state index contributed by atoms with van der Waals surface area (Å²) in [5, 5.41) is 0. The van der Waals surface area contributed by atoms with Crippen molar-refractivity contribution >= 4 is 11.6 Å². The van der Waals surface area contributed by atoms with Gasteiger partial charge < -0.3 is 10.6 Å². The van der Waals surface area contributed by atoms with Gasteiger partial charge in [0.2, 0.25) is 0 Å². The first-order chi connectivity index (χ1) is 8.74. The molecule has 2 fully saturated rings. The minimum absolute atomic E-state index is 0.109. The summed E-state index contributed by atoms with van der Waals surface area (Å²) >= 11 is 0. The molecular weight excluding hydrogens is 226 g/mol. The van der Waals surface area contributed by atoms with Crippen molar-refractivity contribution in [1.29, 1.82) is 0 Å². The molecule has 2 aliphatic rings. The Labute approximate surface area is 107 Å². The first-order valence-electron chi connectivity index (χ1n) is 6.63. The van der Waals surface area contributed by atoms with E-state index in [-0.39, 0.29) is 5.91 Å². The van der Waals surface area contributed by atoms with E-state index in [1.54, 1.807) is 6.07 Å². The summed E-state index contributed by atoms with van der Waals surface area (Å²) < 4.78 is 0. The summed E-state index contributed by atoms with van der Waals surface area (Å²) in [5.41, 5.74) is 7.07. The van der Waals surface area contributed by atoms with Crippen LogP contribution in [0.5, 0.6) is 0 Å². The molecule has 18 heavy (non-hydrogen) atoms. The van der Waals surface area contributed by atoms with Crippen LogP contribution in [0.3, 0.4) is 0 Å². The summed E-state index contributed by atoms with van der Waals surface area (Å²) in [5.74, 6) is 0.109. The Bertz CT molecular complexity index is 448. The normalized spacial score (nSPS) is 21.0. The van der Waals surface area contributed by atoms with E-state index in [1.165, 1.54) is 12.8 Å². The van der Waals surface area contributed by atoms with Gasteiger partial charge in [0, 0.05) is 43.5 Å². The van der Waals surface area contributed by atoms with Crippen LogP contribution in [-0.4, -0.2) is 47.9 Å². The number of carbonyl (C=O) groups excluding carboxylic acids is 1. The lowest BCUT2D eigenvalue weighted by molar-refractivity contribution is 0.0627. The number of anilines is 1. The molecule has 0 spiro atoms. The fraction of sp³-hybridized carbons (Fsp3) is 0.500. The zero-order chi connectivity index (χ0) is 12.5. The third-order valence-electron chi connectivity index (χ3n) is 3.80. The molecule has 1 saturated carbocycles. The van der Waals surface area contributed by atoms with E-state index in [4.69, 9.17) is 5.73 Å². The number of piperazine rings is 1. The van der Waals surface area contributed by atoms with E-state index >= 15 is 0 Å². The van der Waals surface area contributed by atoms with Crippen molar-refractivity contribution in [3.63, 3.8) is 0 Å². The third kappa shape index (κ3) is 2.34. The lowest BCUT2D eigenvalue weighted by Crippen LogP contribution is -2.49. The number of hydrogen-bond acceptors (Lipinski definition) is 3. The Morgan fingerprint density at radius 2 is 1.89 bits per heavy atom. The molecule has 0 radical (unpaired) electrons. The van der Waals surface area contributed by atoms with E-state index in [0.29, 0.717) is 11.3 Å². The van der Waals surface area contributed by atoms with E-state index in [9.17, 15) is 4.79 Å². The molecule has 4 heteroatoms. The number of nitrogen functional groups attached to an aromatic ring is 1. The average molecular weight is 245 g/mol. The number of nitrogens with two attached hydrogens (primary N) is 1. The molecule has 1 aromatic rings. The molecular formula is C14H19N3O. The van der Waals surface area contributed by atoms with Gasteiger partial charge in [0.25, 0.3) is 5.91 Å². The van der Waals surface area contributed by atoms with Crippen LogP contribution in [-0.2, 0) is 0 Å². The van der Waals surface area contributed by atoms with Crippen LogP contribution in [0.4, 0.5) is 5.69 Å². The molecule has 0 unspecified atom stereocenters. The third-order valence-corrected chi connectivity index (χ3v) is 3.80. The largest absolute Gasteiger partial charge is 0.399 e. The van der Waals surface area contributed by atoms with Gasteiger partial charge in [-0.3, -0.25) is 9.69 Å². The van der Waals surface area contributed by atoms with Gasteiger partial charge in [0.1, 0.15) is 0 Å².